The molecule has 4 N–H and O–H groups in total. The Hall–Kier alpha value is -3.88. The Labute approximate surface area is 197 Å². The molecule has 9 nitrogen and oxygen atoms in total. The molecule has 2 aromatic carbocycles. The molecule has 9 heteroatoms. The molecule has 2 aromatic rings. The number of carbonyl (C=O) groups excluding carboxylic acids is 3. The summed E-state index contributed by atoms with van der Waals surface area (Å²) >= 11 is 0. The summed E-state index contributed by atoms with van der Waals surface area (Å²) in [4.78, 5) is 47.1. The molecule has 0 saturated heterocycles. The Morgan fingerprint density at radius 1 is 0.853 bits per heavy atom. The molecule has 1 unspecified atom stereocenters. The number of fused-ring (bicyclic) bond motifs is 3. The minimum atomic E-state index is -0.994. The lowest BCUT2D eigenvalue weighted by Crippen LogP contribution is -2.44. The minimum Gasteiger partial charge on any atom is -0.481 e. The van der Waals surface area contributed by atoms with E-state index in [0.717, 1.165) is 22.3 Å². The largest absolute Gasteiger partial charge is 0.481 e. The summed E-state index contributed by atoms with van der Waals surface area (Å²) in [5.41, 5.74) is 4.41. The maximum atomic E-state index is 12.1. The van der Waals surface area contributed by atoms with Crippen LogP contribution in [-0.4, -0.2) is 55.2 Å². The van der Waals surface area contributed by atoms with Crippen molar-refractivity contribution in [2.24, 2.45) is 11.8 Å². The van der Waals surface area contributed by atoms with E-state index in [1.54, 1.807) is 13.8 Å². The van der Waals surface area contributed by atoms with Gasteiger partial charge in [0.15, 0.2) is 0 Å². The highest BCUT2D eigenvalue weighted by atomic mass is 16.5. The Kier molecular flexibility index (Phi) is 8.24. The number of amides is 3. The number of benzene rings is 2. The second kappa shape index (κ2) is 11.3. The minimum absolute atomic E-state index is 0.0281. The zero-order valence-electron chi connectivity index (χ0n) is 19.2. The van der Waals surface area contributed by atoms with Crippen LogP contribution in [0, 0.1) is 11.8 Å². The van der Waals surface area contributed by atoms with Gasteiger partial charge in [0, 0.05) is 12.5 Å². The van der Waals surface area contributed by atoms with Crippen LogP contribution < -0.4 is 16.0 Å². The van der Waals surface area contributed by atoms with Crippen LogP contribution in [0.15, 0.2) is 48.5 Å². The van der Waals surface area contributed by atoms with Gasteiger partial charge in [0.2, 0.25) is 11.8 Å². The maximum Gasteiger partial charge on any atom is 0.407 e. The predicted molar refractivity (Wildman–Crippen MR) is 125 cm³/mol. The van der Waals surface area contributed by atoms with E-state index in [9.17, 15) is 19.2 Å². The van der Waals surface area contributed by atoms with Crippen LogP contribution in [0.25, 0.3) is 11.1 Å². The predicted octanol–water partition coefficient (Wildman–Crippen LogP) is 2.11. The van der Waals surface area contributed by atoms with Crippen molar-refractivity contribution in [1.82, 2.24) is 16.0 Å². The smallest absolute Gasteiger partial charge is 0.407 e. The fourth-order valence-electron chi connectivity index (χ4n) is 3.94. The number of ether oxygens (including phenoxy) is 1. The van der Waals surface area contributed by atoms with Crippen LogP contribution >= 0.6 is 0 Å². The normalized spacial score (nSPS) is 12.9. The molecular weight excluding hydrogens is 438 g/mol. The number of hydrogen-bond acceptors (Lipinski definition) is 5. The van der Waals surface area contributed by atoms with Gasteiger partial charge in [0.05, 0.1) is 12.5 Å². The topological polar surface area (TPSA) is 134 Å². The first-order valence-corrected chi connectivity index (χ1v) is 11.1. The summed E-state index contributed by atoms with van der Waals surface area (Å²) in [6.45, 7) is 2.93. The molecule has 180 valence electrons. The number of nitrogens with one attached hydrogen (secondary N) is 3. The van der Waals surface area contributed by atoms with Gasteiger partial charge in [-0.25, -0.2) is 4.79 Å². The van der Waals surface area contributed by atoms with Crippen LogP contribution in [0.4, 0.5) is 4.79 Å². The molecule has 0 aromatic heterocycles. The van der Waals surface area contributed by atoms with Gasteiger partial charge in [-0.05, 0) is 28.2 Å². The Morgan fingerprint density at radius 2 is 1.38 bits per heavy atom. The van der Waals surface area contributed by atoms with Gasteiger partial charge in [-0.3, -0.25) is 14.4 Å². The molecular formula is C25H29N3O6. The summed E-state index contributed by atoms with van der Waals surface area (Å²) in [5.74, 6) is -3.02. The SMILES string of the molecule is CC(C)C(CNC(=O)CNC(=O)CNC(=O)OCC1c2ccccc2-c2ccccc21)C(=O)O. The third-order valence-electron chi connectivity index (χ3n) is 5.82. The van der Waals surface area contributed by atoms with E-state index in [1.165, 1.54) is 0 Å². The number of alkyl carbamates (subject to hydrolysis) is 1. The molecule has 3 amide bonds. The third kappa shape index (κ3) is 6.12. The van der Waals surface area contributed by atoms with Crippen molar-refractivity contribution in [2.45, 2.75) is 19.8 Å². The number of carboxylic acids is 1. The second-order valence-corrected chi connectivity index (χ2v) is 8.45. The van der Waals surface area contributed by atoms with Crippen LogP contribution in [0.1, 0.15) is 30.9 Å². The first-order chi connectivity index (χ1) is 16.3. The molecule has 3 rings (SSSR count). The Bertz CT molecular complexity index is 1020. The van der Waals surface area contributed by atoms with E-state index >= 15 is 0 Å². The van der Waals surface area contributed by atoms with Crippen molar-refractivity contribution in [3.8, 4) is 11.1 Å². The number of aliphatic carboxylic acids is 1. The van der Waals surface area contributed by atoms with Gasteiger partial charge in [0.25, 0.3) is 0 Å². The van der Waals surface area contributed by atoms with E-state index in [2.05, 4.69) is 16.0 Å². The van der Waals surface area contributed by atoms with Crippen molar-refractivity contribution >= 4 is 23.9 Å². The summed E-state index contributed by atoms with van der Waals surface area (Å²) in [6.07, 6.45) is -0.734. The second-order valence-electron chi connectivity index (χ2n) is 8.45. The lowest BCUT2D eigenvalue weighted by molar-refractivity contribution is -0.143. The molecule has 0 heterocycles. The maximum absolute atomic E-state index is 12.1. The molecule has 1 atom stereocenters. The molecule has 0 aliphatic heterocycles. The molecule has 34 heavy (non-hydrogen) atoms. The average Bonchev–Trinajstić information content (AvgIpc) is 3.13. The quantitative estimate of drug-likeness (QED) is 0.423. The lowest BCUT2D eigenvalue weighted by Gasteiger charge is -2.17. The van der Waals surface area contributed by atoms with E-state index in [4.69, 9.17) is 9.84 Å². The van der Waals surface area contributed by atoms with E-state index < -0.39 is 29.8 Å². The van der Waals surface area contributed by atoms with E-state index in [-0.39, 0.29) is 38.1 Å². The van der Waals surface area contributed by atoms with Crippen LogP contribution in [0.3, 0.4) is 0 Å². The van der Waals surface area contributed by atoms with Gasteiger partial charge in [-0.1, -0.05) is 62.4 Å². The summed E-state index contributed by atoms with van der Waals surface area (Å²) in [7, 11) is 0. The van der Waals surface area contributed by atoms with Crippen molar-refractivity contribution in [3.05, 3.63) is 59.7 Å². The molecule has 1 aliphatic carbocycles. The zero-order chi connectivity index (χ0) is 24.7. The molecule has 0 radical (unpaired) electrons. The van der Waals surface area contributed by atoms with E-state index in [1.807, 2.05) is 48.5 Å². The highest BCUT2D eigenvalue weighted by Gasteiger charge is 2.29. The van der Waals surface area contributed by atoms with E-state index in [0.29, 0.717) is 0 Å². The molecule has 0 fully saturated rings. The molecule has 0 saturated carbocycles. The zero-order valence-corrected chi connectivity index (χ0v) is 19.2. The van der Waals surface area contributed by atoms with Crippen molar-refractivity contribution in [3.63, 3.8) is 0 Å². The van der Waals surface area contributed by atoms with Crippen molar-refractivity contribution in [2.75, 3.05) is 26.2 Å². The van der Waals surface area contributed by atoms with Crippen molar-refractivity contribution in [1.29, 1.82) is 0 Å². The van der Waals surface area contributed by atoms with Gasteiger partial charge in [0.1, 0.15) is 13.2 Å². The van der Waals surface area contributed by atoms with Crippen LogP contribution in [-0.2, 0) is 19.1 Å². The van der Waals surface area contributed by atoms with Gasteiger partial charge >= 0.3 is 12.1 Å². The fraction of sp³-hybridized carbons (Fsp3) is 0.360. The van der Waals surface area contributed by atoms with Crippen LogP contribution in [0.5, 0.6) is 0 Å². The highest BCUT2D eigenvalue weighted by Crippen LogP contribution is 2.44. The van der Waals surface area contributed by atoms with Gasteiger partial charge in [-0.2, -0.15) is 0 Å². The monoisotopic (exact) mass is 467 g/mol. The molecule has 0 bridgehead atoms. The molecule has 1 aliphatic rings. The summed E-state index contributed by atoms with van der Waals surface area (Å²) < 4.78 is 5.36. The lowest BCUT2D eigenvalue weighted by atomic mass is 9.96. The summed E-state index contributed by atoms with van der Waals surface area (Å²) in [5, 5.41) is 16.4. The first-order valence-electron chi connectivity index (χ1n) is 11.1. The summed E-state index contributed by atoms with van der Waals surface area (Å²) in [6, 6.07) is 15.9. The highest BCUT2D eigenvalue weighted by molar-refractivity contribution is 5.87. The average molecular weight is 468 g/mol. The standard InChI is InChI=1S/C25H29N3O6/c1-15(2)20(24(31)32)11-26-22(29)12-27-23(30)13-28-25(33)34-14-21-18-9-5-3-7-16(18)17-8-4-6-10-19(17)21/h3-10,15,20-21H,11-14H2,1-2H3,(H,26,29)(H,27,30)(H,28,33)(H,31,32). The number of carboxylic acid groups (broad SMARTS) is 1. The van der Waals surface area contributed by atoms with Crippen molar-refractivity contribution < 1.29 is 29.0 Å². The third-order valence-corrected chi connectivity index (χ3v) is 5.82. The number of hydrogen-bond donors (Lipinski definition) is 4. The number of rotatable bonds is 10. The Balaban J connectivity index is 1.40. The van der Waals surface area contributed by atoms with Gasteiger partial charge in [-0.15, -0.1) is 0 Å². The van der Waals surface area contributed by atoms with Gasteiger partial charge < -0.3 is 25.8 Å². The first kappa shape index (κ1) is 24.8. The Morgan fingerprint density at radius 3 is 1.94 bits per heavy atom. The fourth-order valence-corrected chi connectivity index (χ4v) is 3.94. The van der Waals surface area contributed by atoms with Crippen LogP contribution in [0.2, 0.25) is 0 Å². The molecule has 0 spiro atoms. The number of carbonyl (C=O) groups is 4.